The number of benzene rings is 3. The largest absolute Gasteiger partial charge is 0.491 e. The summed E-state index contributed by atoms with van der Waals surface area (Å²) in [6.45, 7) is 5.90. The van der Waals surface area contributed by atoms with Crippen molar-refractivity contribution in [3.05, 3.63) is 59.4 Å². The molecule has 0 bridgehead atoms. The minimum Gasteiger partial charge on any atom is -0.491 e. The minimum atomic E-state index is -4.47. The van der Waals surface area contributed by atoms with Crippen molar-refractivity contribution in [2.24, 2.45) is 0 Å². The fourth-order valence-corrected chi connectivity index (χ4v) is 3.95. The third kappa shape index (κ3) is 4.04. The molecule has 0 radical (unpaired) electrons. The second kappa shape index (κ2) is 7.92. The van der Waals surface area contributed by atoms with Gasteiger partial charge in [-0.15, -0.1) is 0 Å². The molecule has 3 rings (SSSR count). The number of ether oxygens (including phenoxy) is 2. The molecule has 0 heterocycles. The molecular weight excluding hydrogens is 382 g/mol. The lowest BCUT2D eigenvalue weighted by atomic mass is 10.0. The Morgan fingerprint density at radius 2 is 1.82 bits per heavy atom. The monoisotopic (exact) mass is 404 g/mol. The molecule has 2 N–H and O–H groups in total. The molecule has 0 unspecified atom stereocenters. The number of hydrogen-bond donors (Lipinski definition) is 2. The summed E-state index contributed by atoms with van der Waals surface area (Å²) in [5, 5.41) is 0.954. The summed E-state index contributed by atoms with van der Waals surface area (Å²) < 4.78 is 37.5. The van der Waals surface area contributed by atoms with Crippen LogP contribution in [-0.4, -0.2) is 16.4 Å². The summed E-state index contributed by atoms with van der Waals surface area (Å²) in [7, 11) is -4.47. The summed E-state index contributed by atoms with van der Waals surface area (Å²) in [4.78, 5) is 19.5. The number of halogens is 1. The lowest BCUT2D eigenvalue weighted by Gasteiger charge is -2.18. The van der Waals surface area contributed by atoms with Crippen LogP contribution in [0.2, 0.25) is 0 Å². The van der Waals surface area contributed by atoms with E-state index in [1.165, 1.54) is 18.2 Å². The lowest BCUT2D eigenvalue weighted by molar-refractivity contribution is 0.300. The van der Waals surface area contributed by atoms with Gasteiger partial charge in [0, 0.05) is 16.8 Å². The van der Waals surface area contributed by atoms with Crippen molar-refractivity contribution in [3.8, 4) is 17.2 Å². The van der Waals surface area contributed by atoms with Gasteiger partial charge in [-0.2, -0.15) is 0 Å². The quantitative estimate of drug-likeness (QED) is 0.567. The molecule has 0 amide bonds. The second-order valence-electron chi connectivity index (χ2n) is 6.63. The van der Waals surface area contributed by atoms with Crippen LogP contribution in [-0.2, 0) is 4.57 Å². The highest BCUT2D eigenvalue weighted by atomic mass is 31.2. The maximum atomic E-state index is 14.3. The van der Waals surface area contributed by atoms with Crippen LogP contribution >= 0.6 is 7.60 Å². The van der Waals surface area contributed by atoms with Crippen LogP contribution in [0.4, 0.5) is 4.39 Å². The molecule has 28 heavy (non-hydrogen) atoms. The van der Waals surface area contributed by atoms with Crippen LogP contribution in [0, 0.1) is 19.7 Å². The molecule has 0 aliphatic heterocycles. The van der Waals surface area contributed by atoms with E-state index in [2.05, 4.69) is 0 Å². The van der Waals surface area contributed by atoms with Crippen LogP contribution in [0.25, 0.3) is 10.8 Å². The molecule has 7 heteroatoms. The molecule has 0 atom stereocenters. The number of rotatable bonds is 6. The Balaban J connectivity index is 2.11. The van der Waals surface area contributed by atoms with Gasteiger partial charge in [-0.1, -0.05) is 25.1 Å². The van der Waals surface area contributed by atoms with Gasteiger partial charge in [0.25, 0.3) is 0 Å². The molecule has 0 aromatic heterocycles. The molecule has 5 nitrogen and oxygen atoms in total. The van der Waals surface area contributed by atoms with E-state index in [1.54, 1.807) is 25.1 Å². The first-order valence-electron chi connectivity index (χ1n) is 8.91. The highest BCUT2D eigenvalue weighted by Crippen LogP contribution is 2.42. The van der Waals surface area contributed by atoms with Gasteiger partial charge in [-0.3, -0.25) is 4.57 Å². The van der Waals surface area contributed by atoms with E-state index in [9.17, 15) is 18.7 Å². The molecule has 3 aromatic carbocycles. The van der Waals surface area contributed by atoms with Crippen molar-refractivity contribution in [3.63, 3.8) is 0 Å². The highest BCUT2D eigenvalue weighted by molar-refractivity contribution is 7.60. The summed E-state index contributed by atoms with van der Waals surface area (Å²) in [6.07, 6.45) is 0.772. The van der Waals surface area contributed by atoms with E-state index >= 15 is 0 Å². The van der Waals surface area contributed by atoms with E-state index in [1.807, 2.05) is 19.9 Å². The summed E-state index contributed by atoms with van der Waals surface area (Å²) in [5.41, 5.74) is 1.35. The molecule has 0 fully saturated rings. The molecule has 0 saturated heterocycles. The normalized spacial score (nSPS) is 11.6. The lowest BCUT2D eigenvalue weighted by Crippen LogP contribution is -2.08. The van der Waals surface area contributed by atoms with Gasteiger partial charge in [0.15, 0.2) is 11.6 Å². The molecule has 0 saturated carbocycles. The molecule has 0 aliphatic carbocycles. The Hall–Kier alpha value is -2.40. The SMILES string of the molecule is CCCOc1ccc(Oc2c(C)cc(P(=O)(O)O)c3cccc(C)c23)cc1F. The summed E-state index contributed by atoms with van der Waals surface area (Å²) in [5.74, 6) is 0.338. The average Bonchev–Trinajstić information content (AvgIpc) is 2.62. The third-order valence-electron chi connectivity index (χ3n) is 4.39. The van der Waals surface area contributed by atoms with Crippen molar-refractivity contribution < 1.29 is 28.2 Å². The average molecular weight is 404 g/mol. The summed E-state index contributed by atoms with van der Waals surface area (Å²) in [6, 6.07) is 11.0. The van der Waals surface area contributed by atoms with Gasteiger partial charge in [0.2, 0.25) is 0 Å². The van der Waals surface area contributed by atoms with Crippen molar-refractivity contribution in [1.82, 2.24) is 0 Å². The zero-order valence-electron chi connectivity index (χ0n) is 15.9. The van der Waals surface area contributed by atoms with E-state index < -0.39 is 13.4 Å². The van der Waals surface area contributed by atoms with E-state index in [0.717, 1.165) is 12.0 Å². The maximum absolute atomic E-state index is 14.3. The molecule has 3 aromatic rings. The molecule has 148 valence electrons. The molecule has 0 spiro atoms. The fourth-order valence-electron chi connectivity index (χ4n) is 3.09. The molecule has 0 aliphatic rings. The first-order chi connectivity index (χ1) is 13.2. The van der Waals surface area contributed by atoms with Gasteiger partial charge in [0.05, 0.1) is 11.9 Å². The Kier molecular flexibility index (Phi) is 5.75. The van der Waals surface area contributed by atoms with Gasteiger partial charge in [0.1, 0.15) is 11.5 Å². The van der Waals surface area contributed by atoms with E-state index in [0.29, 0.717) is 28.7 Å². The predicted molar refractivity (Wildman–Crippen MR) is 107 cm³/mol. The van der Waals surface area contributed by atoms with E-state index in [-0.39, 0.29) is 16.8 Å². The predicted octanol–water partition coefficient (Wildman–Crippen LogP) is 4.98. The Morgan fingerprint density at radius 1 is 1.07 bits per heavy atom. The van der Waals surface area contributed by atoms with Crippen LogP contribution in [0.5, 0.6) is 17.2 Å². The van der Waals surface area contributed by atoms with Crippen molar-refractivity contribution >= 4 is 23.7 Å². The number of fused-ring (bicyclic) bond motifs is 1. The standard InChI is InChI=1S/C21H22FO5P/c1-4-10-26-18-9-8-15(12-17(18)22)27-21-14(3)11-19(28(23,24)25)16-7-5-6-13(2)20(16)21/h5-9,11-12H,4,10H2,1-3H3,(H2,23,24,25). The van der Waals surface area contributed by atoms with Crippen LogP contribution in [0.15, 0.2) is 42.5 Å². The van der Waals surface area contributed by atoms with Crippen LogP contribution in [0.3, 0.4) is 0 Å². The topological polar surface area (TPSA) is 76.0 Å². The minimum absolute atomic E-state index is 0.0504. The zero-order valence-corrected chi connectivity index (χ0v) is 16.8. The number of hydrogen-bond acceptors (Lipinski definition) is 3. The molecular formula is C21H22FO5P. The second-order valence-corrected chi connectivity index (χ2v) is 8.20. The van der Waals surface area contributed by atoms with Crippen molar-refractivity contribution in [2.45, 2.75) is 27.2 Å². The van der Waals surface area contributed by atoms with Crippen LogP contribution < -0.4 is 14.8 Å². The summed E-state index contributed by atoms with van der Waals surface area (Å²) >= 11 is 0. The fraction of sp³-hybridized carbons (Fsp3) is 0.238. The Bertz CT molecular complexity index is 1070. The van der Waals surface area contributed by atoms with Gasteiger partial charge < -0.3 is 19.3 Å². The van der Waals surface area contributed by atoms with Gasteiger partial charge in [-0.25, -0.2) is 4.39 Å². The van der Waals surface area contributed by atoms with E-state index in [4.69, 9.17) is 9.47 Å². The van der Waals surface area contributed by atoms with Crippen LogP contribution in [0.1, 0.15) is 24.5 Å². The highest BCUT2D eigenvalue weighted by Gasteiger charge is 2.24. The van der Waals surface area contributed by atoms with Gasteiger partial charge in [-0.05, 0) is 49.6 Å². The third-order valence-corrected chi connectivity index (χ3v) is 5.38. The van der Waals surface area contributed by atoms with Crippen molar-refractivity contribution in [2.75, 3.05) is 6.61 Å². The first kappa shape index (κ1) is 20.3. The Labute approximate surface area is 162 Å². The maximum Gasteiger partial charge on any atom is 0.356 e. The van der Waals surface area contributed by atoms with Gasteiger partial charge >= 0.3 is 7.60 Å². The zero-order chi connectivity index (χ0) is 20.5. The number of aryl methyl sites for hydroxylation is 2. The smallest absolute Gasteiger partial charge is 0.356 e. The first-order valence-corrected chi connectivity index (χ1v) is 10.5. The van der Waals surface area contributed by atoms with Crippen molar-refractivity contribution in [1.29, 1.82) is 0 Å². The Morgan fingerprint density at radius 3 is 2.46 bits per heavy atom.